The van der Waals surface area contributed by atoms with Crippen molar-refractivity contribution >= 4 is 0 Å². The van der Waals surface area contributed by atoms with Gasteiger partial charge in [-0.2, -0.15) is 0 Å². The van der Waals surface area contributed by atoms with Crippen LogP contribution in [0.5, 0.6) is 5.75 Å². The number of nitrogens with zero attached hydrogens (tertiary/aromatic N) is 3. The standard InChI is InChI=1S/C18H20N4O/c1-13-7-9-15(10-8-13)23-12-18-16(11-19)20-21-22(18)17-6-4-3-5-14(17)2/h3-10H,11-12,19H2,1-2H3. The third-order valence-corrected chi connectivity index (χ3v) is 3.78. The van der Waals surface area contributed by atoms with Gasteiger partial charge in [-0.25, -0.2) is 4.68 Å². The maximum absolute atomic E-state index is 5.89. The van der Waals surface area contributed by atoms with Gasteiger partial charge in [-0.3, -0.25) is 0 Å². The quantitative estimate of drug-likeness (QED) is 0.787. The minimum absolute atomic E-state index is 0.332. The maximum atomic E-state index is 5.89. The van der Waals surface area contributed by atoms with Crippen molar-refractivity contribution in [1.82, 2.24) is 15.0 Å². The van der Waals surface area contributed by atoms with Crippen molar-refractivity contribution < 1.29 is 4.74 Å². The Hall–Kier alpha value is -2.66. The first-order valence-corrected chi connectivity index (χ1v) is 7.58. The minimum Gasteiger partial charge on any atom is -0.487 e. The summed E-state index contributed by atoms with van der Waals surface area (Å²) in [5.74, 6) is 0.816. The Labute approximate surface area is 135 Å². The molecule has 0 saturated heterocycles. The van der Waals surface area contributed by atoms with Crippen molar-refractivity contribution in [3.8, 4) is 11.4 Å². The molecule has 0 saturated carbocycles. The Morgan fingerprint density at radius 2 is 1.78 bits per heavy atom. The summed E-state index contributed by atoms with van der Waals surface area (Å²) >= 11 is 0. The molecule has 0 spiro atoms. The lowest BCUT2D eigenvalue weighted by atomic mass is 10.2. The number of aromatic nitrogens is 3. The molecule has 1 aromatic heterocycles. The zero-order chi connectivity index (χ0) is 16.2. The average molecular weight is 308 g/mol. The number of hydrogen-bond donors (Lipinski definition) is 1. The first kappa shape index (κ1) is 15.2. The van der Waals surface area contributed by atoms with Crippen LogP contribution >= 0.6 is 0 Å². The van der Waals surface area contributed by atoms with Crippen LogP contribution in [0.25, 0.3) is 5.69 Å². The molecule has 0 unspecified atom stereocenters. The molecule has 0 aliphatic heterocycles. The number of nitrogens with two attached hydrogens (primary N) is 1. The highest BCUT2D eigenvalue weighted by molar-refractivity contribution is 5.41. The maximum Gasteiger partial charge on any atom is 0.132 e. The summed E-state index contributed by atoms with van der Waals surface area (Å²) < 4.78 is 7.70. The predicted octanol–water partition coefficient (Wildman–Crippen LogP) is 2.92. The zero-order valence-corrected chi connectivity index (χ0v) is 13.4. The SMILES string of the molecule is Cc1ccc(OCc2c(CN)nnn2-c2ccccc2C)cc1. The van der Waals surface area contributed by atoms with E-state index in [1.807, 2.05) is 67.1 Å². The smallest absolute Gasteiger partial charge is 0.132 e. The van der Waals surface area contributed by atoms with Gasteiger partial charge < -0.3 is 10.5 Å². The Kier molecular flexibility index (Phi) is 4.39. The monoisotopic (exact) mass is 308 g/mol. The van der Waals surface area contributed by atoms with Gasteiger partial charge in [0.25, 0.3) is 0 Å². The molecule has 3 rings (SSSR count). The number of ether oxygens (including phenoxy) is 1. The van der Waals surface area contributed by atoms with E-state index in [4.69, 9.17) is 10.5 Å². The van der Waals surface area contributed by atoms with E-state index in [9.17, 15) is 0 Å². The third kappa shape index (κ3) is 3.24. The van der Waals surface area contributed by atoms with E-state index in [0.29, 0.717) is 13.2 Å². The van der Waals surface area contributed by atoms with Crippen LogP contribution in [0, 0.1) is 13.8 Å². The van der Waals surface area contributed by atoms with Crippen molar-refractivity contribution in [3.05, 3.63) is 71.0 Å². The molecule has 0 bridgehead atoms. The largest absolute Gasteiger partial charge is 0.487 e. The van der Waals surface area contributed by atoms with E-state index in [1.54, 1.807) is 0 Å². The van der Waals surface area contributed by atoms with Crippen LogP contribution in [0.3, 0.4) is 0 Å². The summed E-state index contributed by atoms with van der Waals surface area (Å²) in [5, 5.41) is 8.44. The summed E-state index contributed by atoms with van der Waals surface area (Å²) in [7, 11) is 0. The molecule has 0 aliphatic carbocycles. The Balaban J connectivity index is 1.90. The number of hydrogen-bond acceptors (Lipinski definition) is 4. The van der Waals surface area contributed by atoms with Crippen LogP contribution in [0.1, 0.15) is 22.5 Å². The molecule has 2 N–H and O–H groups in total. The molecule has 0 radical (unpaired) electrons. The second-order valence-corrected chi connectivity index (χ2v) is 5.49. The highest BCUT2D eigenvalue weighted by Gasteiger charge is 2.15. The zero-order valence-electron chi connectivity index (χ0n) is 13.4. The Morgan fingerprint density at radius 1 is 1.04 bits per heavy atom. The molecule has 5 heteroatoms. The average Bonchev–Trinajstić information content (AvgIpc) is 2.97. The first-order chi connectivity index (χ1) is 11.2. The number of benzene rings is 2. The highest BCUT2D eigenvalue weighted by Crippen LogP contribution is 2.19. The number of aryl methyl sites for hydroxylation is 2. The van der Waals surface area contributed by atoms with Gasteiger partial charge in [-0.15, -0.1) is 5.10 Å². The number of rotatable bonds is 5. The molecule has 23 heavy (non-hydrogen) atoms. The van der Waals surface area contributed by atoms with Crippen molar-refractivity contribution in [2.45, 2.75) is 27.0 Å². The fourth-order valence-electron chi connectivity index (χ4n) is 2.42. The summed E-state index contributed by atoms with van der Waals surface area (Å²) in [6.07, 6.45) is 0. The summed E-state index contributed by atoms with van der Waals surface area (Å²) in [6, 6.07) is 16.0. The molecular weight excluding hydrogens is 288 g/mol. The van der Waals surface area contributed by atoms with Gasteiger partial charge in [0.15, 0.2) is 0 Å². The van der Waals surface area contributed by atoms with Crippen molar-refractivity contribution in [3.63, 3.8) is 0 Å². The fourth-order valence-corrected chi connectivity index (χ4v) is 2.42. The molecule has 0 amide bonds. The van der Waals surface area contributed by atoms with Gasteiger partial charge in [0.2, 0.25) is 0 Å². The summed E-state index contributed by atoms with van der Waals surface area (Å²) in [6.45, 7) is 4.80. The van der Waals surface area contributed by atoms with Crippen LogP contribution < -0.4 is 10.5 Å². The molecule has 5 nitrogen and oxygen atoms in total. The van der Waals surface area contributed by atoms with Gasteiger partial charge >= 0.3 is 0 Å². The topological polar surface area (TPSA) is 66.0 Å². The normalized spacial score (nSPS) is 10.7. The molecule has 3 aromatic rings. The van der Waals surface area contributed by atoms with Crippen molar-refractivity contribution in [1.29, 1.82) is 0 Å². The van der Waals surface area contributed by atoms with E-state index in [1.165, 1.54) is 5.56 Å². The van der Waals surface area contributed by atoms with Crippen molar-refractivity contribution in [2.24, 2.45) is 5.73 Å². The van der Waals surface area contributed by atoms with Crippen molar-refractivity contribution in [2.75, 3.05) is 0 Å². The van der Waals surface area contributed by atoms with E-state index >= 15 is 0 Å². The molecule has 0 atom stereocenters. The first-order valence-electron chi connectivity index (χ1n) is 7.58. The molecule has 1 heterocycles. The van der Waals surface area contributed by atoms with Gasteiger partial charge in [0, 0.05) is 6.54 Å². The molecule has 118 valence electrons. The number of para-hydroxylation sites is 1. The molecular formula is C18H20N4O. The Morgan fingerprint density at radius 3 is 2.48 bits per heavy atom. The van der Waals surface area contributed by atoms with Gasteiger partial charge in [-0.1, -0.05) is 41.1 Å². The van der Waals surface area contributed by atoms with Crippen LogP contribution in [-0.4, -0.2) is 15.0 Å². The van der Waals surface area contributed by atoms with Crippen LogP contribution in [-0.2, 0) is 13.2 Å². The molecule has 0 aliphatic rings. The van der Waals surface area contributed by atoms with Crippen LogP contribution in [0.4, 0.5) is 0 Å². The third-order valence-electron chi connectivity index (χ3n) is 3.78. The summed E-state index contributed by atoms with van der Waals surface area (Å²) in [5.41, 5.74) is 10.7. The van der Waals surface area contributed by atoms with E-state index in [-0.39, 0.29) is 0 Å². The predicted molar refractivity (Wildman–Crippen MR) is 89.5 cm³/mol. The van der Waals surface area contributed by atoms with Crippen LogP contribution in [0.2, 0.25) is 0 Å². The van der Waals surface area contributed by atoms with Gasteiger partial charge in [-0.05, 0) is 37.6 Å². The fraction of sp³-hybridized carbons (Fsp3) is 0.222. The second kappa shape index (κ2) is 6.62. The molecule has 2 aromatic carbocycles. The van der Waals surface area contributed by atoms with E-state index < -0.39 is 0 Å². The van der Waals surface area contributed by atoms with Gasteiger partial charge in [0.1, 0.15) is 23.7 Å². The lowest BCUT2D eigenvalue weighted by molar-refractivity contribution is 0.296. The summed E-state index contributed by atoms with van der Waals surface area (Å²) in [4.78, 5) is 0. The second-order valence-electron chi connectivity index (χ2n) is 5.49. The highest BCUT2D eigenvalue weighted by atomic mass is 16.5. The Bertz CT molecular complexity index is 793. The molecule has 0 fully saturated rings. The minimum atomic E-state index is 0.332. The van der Waals surface area contributed by atoms with Gasteiger partial charge in [0.05, 0.1) is 5.69 Å². The van der Waals surface area contributed by atoms with E-state index in [2.05, 4.69) is 10.3 Å². The van der Waals surface area contributed by atoms with E-state index in [0.717, 1.165) is 28.4 Å². The van der Waals surface area contributed by atoms with Crippen LogP contribution in [0.15, 0.2) is 48.5 Å². The lowest BCUT2D eigenvalue weighted by Gasteiger charge is -2.11. The lowest BCUT2D eigenvalue weighted by Crippen LogP contribution is -2.10.